The van der Waals surface area contributed by atoms with Crippen LogP contribution in [-0.4, -0.2) is 37.8 Å². The maximum absolute atomic E-state index is 6.57. The van der Waals surface area contributed by atoms with E-state index in [0.29, 0.717) is 24.5 Å². The molecular formula is C20H28BClO4. The van der Waals surface area contributed by atoms with Gasteiger partial charge >= 0.3 is 7.12 Å². The quantitative estimate of drug-likeness (QED) is 0.552. The first-order valence-corrected chi connectivity index (χ1v) is 9.96. The monoisotopic (exact) mass is 378 g/mol. The molecule has 26 heavy (non-hydrogen) atoms. The topological polar surface area (TPSA) is 36.9 Å². The zero-order valence-electron chi connectivity index (χ0n) is 16.0. The predicted molar refractivity (Wildman–Crippen MR) is 102 cm³/mol. The van der Waals surface area contributed by atoms with Crippen molar-refractivity contribution in [2.45, 2.75) is 57.2 Å². The number of methoxy groups -OCH3 is 1. The van der Waals surface area contributed by atoms with Crippen molar-refractivity contribution in [3.63, 3.8) is 0 Å². The van der Waals surface area contributed by atoms with Gasteiger partial charge in [-0.05, 0) is 54.7 Å². The summed E-state index contributed by atoms with van der Waals surface area (Å²) in [7, 11) is 1.27. The number of hydrogen-bond donors (Lipinski definition) is 0. The molecule has 0 aromatic heterocycles. The van der Waals surface area contributed by atoms with Crippen molar-refractivity contribution >= 4 is 18.7 Å². The fourth-order valence-electron chi connectivity index (χ4n) is 5.14. The van der Waals surface area contributed by atoms with Gasteiger partial charge in [0, 0.05) is 0 Å². The Balaban J connectivity index is 1.30. The zero-order valence-corrected chi connectivity index (χ0v) is 16.8. The van der Waals surface area contributed by atoms with E-state index in [1.807, 2.05) is 24.3 Å². The SMILES string of the molecule is COc1ccc(COC[C@H](Cl)B2O[C@H]3C[C@@H]4C[C@@H](C4(C)C)[C@@]3(C)O2)cc1. The molecule has 1 aromatic rings. The minimum absolute atomic E-state index is 0.159. The lowest BCUT2D eigenvalue weighted by Gasteiger charge is -2.64. The summed E-state index contributed by atoms with van der Waals surface area (Å²) in [5, 5.41) is -0.309. The normalized spacial score (nSPS) is 35.6. The third kappa shape index (κ3) is 2.97. The van der Waals surface area contributed by atoms with E-state index in [2.05, 4.69) is 20.8 Å². The predicted octanol–water partition coefficient (Wildman–Crippen LogP) is 4.09. The van der Waals surface area contributed by atoms with Crippen LogP contribution in [0.25, 0.3) is 0 Å². The molecule has 1 saturated heterocycles. The maximum atomic E-state index is 6.57. The third-order valence-electron chi connectivity index (χ3n) is 6.97. The van der Waals surface area contributed by atoms with E-state index in [-0.39, 0.29) is 17.0 Å². The van der Waals surface area contributed by atoms with Crippen LogP contribution in [0.4, 0.5) is 0 Å². The van der Waals surface area contributed by atoms with Crippen molar-refractivity contribution in [2.75, 3.05) is 13.7 Å². The molecule has 4 aliphatic rings. The maximum Gasteiger partial charge on any atom is 0.479 e. The Morgan fingerprint density at radius 2 is 1.96 bits per heavy atom. The molecule has 0 N–H and O–H groups in total. The highest BCUT2D eigenvalue weighted by Crippen LogP contribution is 2.65. The first-order chi connectivity index (χ1) is 12.3. The Morgan fingerprint density at radius 1 is 1.23 bits per heavy atom. The number of benzene rings is 1. The summed E-state index contributed by atoms with van der Waals surface area (Å²) in [6.07, 6.45) is 2.48. The number of ether oxygens (including phenoxy) is 2. The summed E-state index contributed by atoms with van der Waals surface area (Å²) in [5.74, 6) is 2.13. The summed E-state index contributed by atoms with van der Waals surface area (Å²) < 4.78 is 23.6. The van der Waals surface area contributed by atoms with Gasteiger partial charge in [0.05, 0.1) is 37.3 Å². The zero-order chi connectivity index (χ0) is 18.5. The fourth-order valence-corrected chi connectivity index (χ4v) is 5.34. The average molecular weight is 379 g/mol. The highest BCUT2D eigenvalue weighted by atomic mass is 35.5. The highest BCUT2D eigenvalue weighted by Gasteiger charge is 2.68. The molecule has 5 atom stereocenters. The van der Waals surface area contributed by atoms with Gasteiger partial charge in [0.15, 0.2) is 0 Å². The molecule has 0 unspecified atom stereocenters. The number of hydrogen-bond acceptors (Lipinski definition) is 4. The Kier molecular flexibility index (Phi) is 4.79. The van der Waals surface area contributed by atoms with Gasteiger partial charge in [-0.15, -0.1) is 11.6 Å². The van der Waals surface area contributed by atoms with Gasteiger partial charge in [0.25, 0.3) is 0 Å². The van der Waals surface area contributed by atoms with Crippen molar-refractivity contribution in [2.24, 2.45) is 17.3 Å². The molecule has 0 amide bonds. The van der Waals surface area contributed by atoms with E-state index in [1.54, 1.807) is 7.11 Å². The second-order valence-electron chi connectivity index (χ2n) is 8.72. The van der Waals surface area contributed by atoms with Gasteiger partial charge in [-0.25, -0.2) is 0 Å². The smallest absolute Gasteiger partial charge is 0.479 e. The fraction of sp³-hybridized carbons (Fsp3) is 0.700. The van der Waals surface area contributed by atoms with Crippen molar-refractivity contribution in [3.05, 3.63) is 29.8 Å². The molecule has 1 aliphatic heterocycles. The molecule has 1 aromatic carbocycles. The molecule has 0 radical (unpaired) electrons. The second kappa shape index (κ2) is 6.70. The molecule has 3 saturated carbocycles. The Bertz CT molecular complexity index is 652. The average Bonchev–Trinajstić information content (AvgIpc) is 2.99. The van der Waals surface area contributed by atoms with Crippen LogP contribution in [0.2, 0.25) is 0 Å². The highest BCUT2D eigenvalue weighted by molar-refractivity contribution is 6.60. The minimum atomic E-state index is -0.391. The number of rotatable bonds is 6. The molecule has 5 rings (SSSR count). The first-order valence-electron chi connectivity index (χ1n) is 9.52. The molecular weight excluding hydrogens is 350 g/mol. The lowest BCUT2D eigenvalue weighted by molar-refractivity contribution is -0.199. The minimum Gasteiger partial charge on any atom is -0.497 e. The molecule has 4 fully saturated rings. The van der Waals surface area contributed by atoms with Gasteiger partial charge in [0.1, 0.15) is 5.75 Å². The molecule has 0 spiro atoms. The van der Waals surface area contributed by atoms with Crippen LogP contribution < -0.4 is 4.74 Å². The lowest BCUT2D eigenvalue weighted by Crippen LogP contribution is -2.65. The van der Waals surface area contributed by atoms with Crippen LogP contribution in [0.1, 0.15) is 39.2 Å². The molecule has 142 valence electrons. The Hall–Kier alpha value is -0.745. The summed E-state index contributed by atoms with van der Waals surface area (Å²) in [6.45, 7) is 7.85. The Morgan fingerprint density at radius 3 is 2.62 bits per heavy atom. The van der Waals surface area contributed by atoms with Crippen LogP contribution in [0.15, 0.2) is 24.3 Å². The van der Waals surface area contributed by atoms with Gasteiger partial charge in [0.2, 0.25) is 0 Å². The summed E-state index contributed by atoms with van der Waals surface area (Å²) in [5.41, 5.74) is 1.22. The van der Waals surface area contributed by atoms with E-state index in [1.165, 1.54) is 6.42 Å². The lowest BCUT2D eigenvalue weighted by atomic mass is 9.43. The van der Waals surface area contributed by atoms with E-state index >= 15 is 0 Å². The molecule has 4 nitrogen and oxygen atoms in total. The molecule has 6 heteroatoms. The first kappa shape index (κ1) is 18.6. The van der Waals surface area contributed by atoms with E-state index in [9.17, 15) is 0 Å². The van der Waals surface area contributed by atoms with Gasteiger partial charge in [-0.3, -0.25) is 0 Å². The van der Waals surface area contributed by atoms with Crippen LogP contribution >= 0.6 is 11.6 Å². The standard InChI is InChI=1S/C20H28BClO4/c1-19(2)14-9-16(19)20(3)17(10-14)25-21(26-20)18(22)12-24-11-13-5-7-15(23-4)8-6-13/h5-8,14,16-18H,9-12H2,1-4H3/t14-,16-,17-,18-,20+/m0/s1. The third-order valence-corrected chi connectivity index (χ3v) is 7.30. The summed E-state index contributed by atoms with van der Waals surface area (Å²) in [6, 6.07) is 7.85. The van der Waals surface area contributed by atoms with Crippen molar-refractivity contribution in [1.29, 1.82) is 0 Å². The van der Waals surface area contributed by atoms with E-state index in [0.717, 1.165) is 23.7 Å². The second-order valence-corrected chi connectivity index (χ2v) is 9.28. The molecule has 1 heterocycles. The summed E-state index contributed by atoms with van der Waals surface area (Å²) in [4.78, 5) is 0. The van der Waals surface area contributed by atoms with Crippen LogP contribution in [-0.2, 0) is 20.7 Å². The van der Waals surface area contributed by atoms with Crippen LogP contribution in [0, 0.1) is 17.3 Å². The molecule has 2 bridgehead atoms. The summed E-state index contributed by atoms with van der Waals surface area (Å²) >= 11 is 6.57. The van der Waals surface area contributed by atoms with Crippen molar-refractivity contribution < 1.29 is 18.8 Å². The van der Waals surface area contributed by atoms with Crippen LogP contribution in [0.5, 0.6) is 5.75 Å². The van der Waals surface area contributed by atoms with Crippen molar-refractivity contribution in [3.8, 4) is 5.75 Å². The van der Waals surface area contributed by atoms with Gasteiger partial charge in [-0.2, -0.15) is 0 Å². The van der Waals surface area contributed by atoms with Crippen LogP contribution in [0.3, 0.4) is 0 Å². The van der Waals surface area contributed by atoms with Gasteiger partial charge in [-0.1, -0.05) is 26.0 Å². The van der Waals surface area contributed by atoms with Crippen molar-refractivity contribution in [1.82, 2.24) is 0 Å². The Labute approximate surface area is 161 Å². The van der Waals surface area contributed by atoms with E-state index in [4.69, 9.17) is 30.4 Å². The molecule has 3 aliphatic carbocycles. The largest absolute Gasteiger partial charge is 0.497 e. The number of alkyl halides is 1. The number of halogens is 1. The van der Waals surface area contributed by atoms with E-state index < -0.39 is 7.12 Å². The van der Waals surface area contributed by atoms with Gasteiger partial charge < -0.3 is 18.8 Å².